The summed E-state index contributed by atoms with van der Waals surface area (Å²) in [6.07, 6.45) is 1.35. The zero-order valence-electron chi connectivity index (χ0n) is 12.9. The highest BCUT2D eigenvalue weighted by atomic mass is 16.2. The number of carbonyl (C=O) groups excluding carboxylic acids is 1. The molecular weight excluding hydrogens is 294 g/mol. The molecule has 0 spiro atoms. The van der Waals surface area contributed by atoms with Gasteiger partial charge in [-0.05, 0) is 18.6 Å². The normalized spacial score (nSPS) is 23.4. The first kappa shape index (κ1) is 14.3. The number of amides is 1. The smallest absolute Gasteiger partial charge is 0.277 e. The molecule has 120 valence electrons. The molecule has 7 nitrogen and oxygen atoms in total. The lowest BCUT2D eigenvalue weighted by Crippen LogP contribution is -2.49. The zero-order valence-corrected chi connectivity index (χ0v) is 12.9. The van der Waals surface area contributed by atoms with Crippen LogP contribution in [-0.4, -0.2) is 62.9 Å². The highest BCUT2D eigenvalue weighted by Gasteiger charge is 2.34. The first-order valence-corrected chi connectivity index (χ1v) is 8.07. The Morgan fingerprint density at radius 3 is 3.00 bits per heavy atom. The Labute approximate surface area is 133 Å². The van der Waals surface area contributed by atoms with E-state index in [2.05, 4.69) is 15.2 Å². The quantitative estimate of drug-likeness (QED) is 0.803. The van der Waals surface area contributed by atoms with Crippen LogP contribution < -0.4 is 5.56 Å². The van der Waals surface area contributed by atoms with Gasteiger partial charge in [-0.3, -0.25) is 14.5 Å². The van der Waals surface area contributed by atoms with E-state index in [-0.39, 0.29) is 18.0 Å². The minimum Gasteiger partial charge on any atom is -0.337 e. The van der Waals surface area contributed by atoms with Crippen LogP contribution in [0.15, 0.2) is 29.1 Å². The first-order valence-electron chi connectivity index (χ1n) is 8.07. The molecule has 2 unspecified atom stereocenters. The van der Waals surface area contributed by atoms with E-state index < -0.39 is 0 Å². The van der Waals surface area contributed by atoms with Crippen molar-refractivity contribution >= 4 is 16.8 Å². The predicted octanol–water partition coefficient (Wildman–Crippen LogP) is 0.0981. The number of nitrogens with zero attached hydrogens (tertiary/aromatic N) is 5. The minimum atomic E-state index is -0.186. The maximum atomic E-state index is 12.5. The van der Waals surface area contributed by atoms with Gasteiger partial charge in [-0.25, -0.2) is 4.68 Å². The number of aromatic nitrogens is 3. The molecule has 1 aromatic heterocycles. The number of aryl methyl sites for hydroxylation is 1. The van der Waals surface area contributed by atoms with Crippen molar-refractivity contribution in [2.45, 2.75) is 25.4 Å². The molecule has 0 aliphatic carbocycles. The number of carbonyl (C=O) groups is 1. The van der Waals surface area contributed by atoms with Crippen LogP contribution in [0.25, 0.3) is 10.9 Å². The number of hydrogen-bond acceptors (Lipinski definition) is 5. The summed E-state index contributed by atoms with van der Waals surface area (Å²) in [7, 11) is 0. The van der Waals surface area contributed by atoms with E-state index in [9.17, 15) is 9.59 Å². The van der Waals surface area contributed by atoms with Crippen molar-refractivity contribution in [3.05, 3.63) is 34.6 Å². The minimum absolute atomic E-state index is 0.110. The summed E-state index contributed by atoms with van der Waals surface area (Å²) in [4.78, 5) is 29.2. The van der Waals surface area contributed by atoms with E-state index in [1.54, 1.807) is 18.2 Å². The predicted molar refractivity (Wildman–Crippen MR) is 85.0 cm³/mol. The van der Waals surface area contributed by atoms with Gasteiger partial charge in [-0.15, -0.1) is 5.10 Å². The molecule has 1 amide bonds. The topological polar surface area (TPSA) is 71.3 Å². The molecule has 23 heavy (non-hydrogen) atoms. The summed E-state index contributed by atoms with van der Waals surface area (Å²) in [6.45, 7) is 4.10. The lowest BCUT2D eigenvalue weighted by Gasteiger charge is -2.34. The fraction of sp³-hybridized carbons (Fsp3) is 0.500. The van der Waals surface area contributed by atoms with Gasteiger partial charge in [0.15, 0.2) is 0 Å². The average molecular weight is 313 g/mol. The molecule has 2 saturated heterocycles. The van der Waals surface area contributed by atoms with Gasteiger partial charge in [0.1, 0.15) is 5.52 Å². The van der Waals surface area contributed by atoms with E-state index >= 15 is 0 Å². The van der Waals surface area contributed by atoms with Crippen LogP contribution in [0.3, 0.4) is 0 Å². The summed E-state index contributed by atoms with van der Waals surface area (Å²) in [5.41, 5.74) is 0.399. The molecule has 2 aliphatic rings. The van der Waals surface area contributed by atoms with E-state index in [0.29, 0.717) is 23.4 Å². The number of piperazine rings is 1. The molecule has 1 aromatic carbocycles. The summed E-state index contributed by atoms with van der Waals surface area (Å²) in [5.74, 6) is 0.110. The Balaban J connectivity index is 1.47. The van der Waals surface area contributed by atoms with Crippen LogP contribution in [0.1, 0.15) is 12.8 Å². The van der Waals surface area contributed by atoms with Crippen molar-refractivity contribution in [1.82, 2.24) is 24.8 Å². The van der Waals surface area contributed by atoms with Crippen molar-refractivity contribution in [3.8, 4) is 0 Å². The largest absolute Gasteiger partial charge is 0.337 e. The summed E-state index contributed by atoms with van der Waals surface area (Å²) in [5, 5.41) is 8.54. The van der Waals surface area contributed by atoms with Gasteiger partial charge in [0.2, 0.25) is 5.91 Å². The highest BCUT2D eigenvalue weighted by molar-refractivity contribution is 5.77. The lowest BCUT2D eigenvalue weighted by molar-refractivity contribution is -0.134. The molecule has 7 heteroatoms. The fourth-order valence-electron chi connectivity index (χ4n) is 3.54. The summed E-state index contributed by atoms with van der Waals surface area (Å²) in [6, 6.07) is 7.48. The molecule has 2 fully saturated rings. The van der Waals surface area contributed by atoms with Crippen LogP contribution in [0.5, 0.6) is 0 Å². The van der Waals surface area contributed by atoms with Crippen molar-refractivity contribution in [1.29, 1.82) is 0 Å². The zero-order chi connectivity index (χ0) is 15.8. The third-order valence-corrected chi connectivity index (χ3v) is 4.83. The Hall–Kier alpha value is -2.28. The number of rotatable bonds is 3. The SMILES string of the molecule is O=C(CCn1nnc2ccccc2c1=O)N1CCN2CCC1C2. The fourth-order valence-corrected chi connectivity index (χ4v) is 3.54. The molecule has 3 heterocycles. The Kier molecular flexibility index (Phi) is 3.57. The molecule has 2 atom stereocenters. The molecule has 2 aliphatic heterocycles. The molecule has 0 saturated carbocycles. The van der Waals surface area contributed by atoms with Gasteiger partial charge in [0.25, 0.3) is 5.56 Å². The van der Waals surface area contributed by atoms with Gasteiger partial charge >= 0.3 is 0 Å². The average Bonchev–Trinajstić information content (AvgIpc) is 2.95. The molecule has 0 radical (unpaired) electrons. The third-order valence-electron chi connectivity index (χ3n) is 4.83. The molecule has 2 aromatic rings. The third kappa shape index (κ3) is 2.61. The molecule has 0 N–H and O–H groups in total. The highest BCUT2D eigenvalue weighted by Crippen LogP contribution is 2.21. The maximum absolute atomic E-state index is 12.5. The van der Waals surface area contributed by atoms with E-state index in [1.807, 2.05) is 11.0 Å². The van der Waals surface area contributed by atoms with E-state index in [0.717, 1.165) is 32.6 Å². The Morgan fingerprint density at radius 1 is 1.22 bits per heavy atom. The van der Waals surface area contributed by atoms with Crippen LogP contribution in [0, 0.1) is 0 Å². The van der Waals surface area contributed by atoms with Gasteiger partial charge in [0, 0.05) is 38.6 Å². The van der Waals surface area contributed by atoms with Gasteiger partial charge in [-0.2, -0.15) is 0 Å². The van der Waals surface area contributed by atoms with Crippen molar-refractivity contribution < 1.29 is 4.79 Å². The standard InChI is InChI=1S/C16H19N5O2/c22-15(20-10-9-19-7-5-12(20)11-19)6-8-21-16(23)13-3-1-2-4-14(13)17-18-21/h1-4,12H,5-11H2. The van der Waals surface area contributed by atoms with Gasteiger partial charge < -0.3 is 4.90 Å². The first-order chi connectivity index (χ1) is 11.2. The van der Waals surface area contributed by atoms with E-state index in [1.165, 1.54) is 4.68 Å². The second-order valence-electron chi connectivity index (χ2n) is 6.22. The van der Waals surface area contributed by atoms with Gasteiger partial charge in [0.05, 0.1) is 11.9 Å². The van der Waals surface area contributed by atoms with Gasteiger partial charge in [-0.1, -0.05) is 17.3 Å². The molecule has 4 rings (SSSR count). The Bertz CT molecular complexity index is 802. The van der Waals surface area contributed by atoms with Crippen molar-refractivity contribution in [3.63, 3.8) is 0 Å². The number of benzene rings is 1. The van der Waals surface area contributed by atoms with Crippen molar-refractivity contribution in [2.24, 2.45) is 0 Å². The number of fused-ring (bicyclic) bond motifs is 3. The maximum Gasteiger partial charge on any atom is 0.277 e. The summed E-state index contributed by atoms with van der Waals surface area (Å²) >= 11 is 0. The second-order valence-corrected chi connectivity index (χ2v) is 6.22. The summed E-state index contributed by atoms with van der Waals surface area (Å²) < 4.78 is 1.30. The lowest BCUT2D eigenvalue weighted by atomic mass is 10.2. The van der Waals surface area contributed by atoms with E-state index in [4.69, 9.17) is 0 Å². The molecule has 2 bridgehead atoms. The van der Waals surface area contributed by atoms with Crippen molar-refractivity contribution in [2.75, 3.05) is 26.2 Å². The number of hydrogen-bond donors (Lipinski definition) is 0. The van der Waals surface area contributed by atoms with Crippen LogP contribution in [-0.2, 0) is 11.3 Å². The van der Waals surface area contributed by atoms with Crippen LogP contribution in [0.2, 0.25) is 0 Å². The van der Waals surface area contributed by atoms with Crippen LogP contribution >= 0.6 is 0 Å². The van der Waals surface area contributed by atoms with Crippen LogP contribution in [0.4, 0.5) is 0 Å². The Morgan fingerprint density at radius 2 is 2.09 bits per heavy atom. The molecular formula is C16H19N5O2. The monoisotopic (exact) mass is 313 g/mol. The second kappa shape index (κ2) is 5.73.